The number of aryl methyl sites for hydroxylation is 2. The van der Waals surface area contributed by atoms with Crippen molar-refractivity contribution in [1.29, 1.82) is 0 Å². The molecule has 0 aromatic heterocycles. The summed E-state index contributed by atoms with van der Waals surface area (Å²) in [5.74, 6) is -0.0382. The number of hydrogen-bond donors (Lipinski definition) is 1. The zero-order valence-electron chi connectivity index (χ0n) is 13.1. The average Bonchev–Trinajstić information content (AvgIpc) is 3.33. The maximum atomic E-state index is 12.8. The SMILES string of the molecule is Cc1cccc(C)c1NC(=O)C1(c2ccc([N+](=O)[O-])cc2)CC1. The van der Waals surface area contributed by atoms with E-state index in [1.165, 1.54) is 12.1 Å². The van der Waals surface area contributed by atoms with Gasteiger partial charge in [0.05, 0.1) is 10.3 Å². The number of para-hydroxylation sites is 1. The van der Waals surface area contributed by atoms with Crippen LogP contribution in [0, 0.1) is 24.0 Å². The Labute approximate surface area is 134 Å². The van der Waals surface area contributed by atoms with Crippen molar-refractivity contribution >= 4 is 17.3 Å². The number of carbonyl (C=O) groups excluding carboxylic acids is 1. The highest BCUT2D eigenvalue weighted by Crippen LogP contribution is 2.49. The second-order valence-corrected chi connectivity index (χ2v) is 6.11. The topological polar surface area (TPSA) is 72.2 Å². The molecule has 0 aliphatic heterocycles. The van der Waals surface area contributed by atoms with Crippen molar-refractivity contribution in [2.24, 2.45) is 0 Å². The van der Waals surface area contributed by atoms with Gasteiger partial charge in [0, 0.05) is 17.8 Å². The van der Waals surface area contributed by atoms with Gasteiger partial charge in [-0.1, -0.05) is 30.3 Å². The lowest BCUT2D eigenvalue weighted by Gasteiger charge is -2.18. The average molecular weight is 310 g/mol. The van der Waals surface area contributed by atoms with Gasteiger partial charge in [-0.05, 0) is 43.4 Å². The predicted molar refractivity (Wildman–Crippen MR) is 88.6 cm³/mol. The maximum absolute atomic E-state index is 12.8. The molecule has 1 fully saturated rings. The van der Waals surface area contributed by atoms with E-state index in [9.17, 15) is 14.9 Å². The summed E-state index contributed by atoms with van der Waals surface area (Å²) in [7, 11) is 0. The van der Waals surface area contributed by atoms with Gasteiger partial charge >= 0.3 is 0 Å². The number of benzene rings is 2. The van der Waals surface area contributed by atoms with E-state index in [2.05, 4.69) is 5.32 Å². The maximum Gasteiger partial charge on any atom is 0.269 e. The van der Waals surface area contributed by atoms with Crippen LogP contribution in [0.25, 0.3) is 0 Å². The second kappa shape index (κ2) is 5.50. The van der Waals surface area contributed by atoms with Gasteiger partial charge in [0.1, 0.15) is 0 Å². The van der Waals surface area contributed by atoms with Crippen LogP contribution in [0.1, 0.15) is 29.5 Å². The quantitative estimate of drug-likeness (QED) is 0.688. The fourth-order valence-corrected chi connectivity index (χ4v) is 2.92. The van der Waals surface area contributed by atoms with Crippen LogP contribution in [0.2, 0.25) is 0 Å². The number of anilines is 1. The zero-order valence-corrected chi connectivity index (χ0v) is 13.1. The Morgan fingerprint density at radius 3 is 2.13 bits per heavy atom. The van der Waals surface area contributed by atoms with E-state index >= 15 is 0 Å². The van der Waals surface area contributed by atoms with Gasteiger partial charge in [-0.25, -0.2) is 0 Å². The van der Waals surface area contributed by atoms with Crippen molar-refractivity contribution in [1.82, 2.24) is 0 Å². The van der Waals surface area contributed by atoms with Crippen LogP contribution >= 0.6 is 0 Å². The van der Waals surface area contributed by atoms with Gasteiger partial charge in [-0.2, -0.15) is 0 Å². The summed E-state index contributed by atoms with van der Waals surface area (Å²) in [5, 5.41) is 13.8. The normalized spacial score (nSPS) is 15.0. The Morgan fingerprint density at radius 2 is 1.65 bits per heavy atom. The monoisotopic (exact) mass is 310 g/mol. The van der Waals surface area contributed by atoms with E-state index in [4.69, 9.17) is 0 Å². The van der Waals surface area contributed by atoms with Crippen molar-refractivity contribution in [2.75, 3.05) is 5.32 Å². The number of nitro benzene ring substituents is 1. The van der Waals surface area contributed by atoms with E-state index in [0.29, 0.717) is 0 Å². The van der Waals surface area contributed by atoms with Gasteiger partial charge in [0.2, 0.25) is 5.91 Å². The number of amides is 1. The van der Waals surface area contributed by atoms with Crippen LogP contribution in [-0.2, 0) is 10.2 Å². The summed E-state index contributed by atoms with van der Waals surface area (Å²) in [6.07, 6.45) is 1.53. The number of nitrogens with one attached hydrogen (secondary N) is 1. The molecule has 0 bridgehead atoms. The van der Waals surface area contributed by atoms with Gasteiger partial charge in [0.15, 0.2) is 0 Å². The van der Waals surface area contributed by atoms with Crippen molar-refractivity contribution < 1.29 is 9.72 Å². The first-order valence-electron chi connectivity index (χ1n) is 7.57. The van der Waals surface area contributed by atoms with Crippen molar-refractivity contribution in [3.63, 3.8) is 0 Å². The first kappa shape index (κ1) is 15.2. The number of nitrogens with zero attached hydrogens (tertiary/aromatic N) is 1. The van der Waals surface area contributed by atoms with Crippen LogP contribution < -0.4 is 5.32 Å². The molecule has 1 N–H and O–H groups in total. The summed E-state index contributed by atoms with van der Waals surface area (Å²) in [6.45, 7) is 3.93. The summed E-state index contributed by atoms with van der Waals surface area (Å²) < 4.78 is 0. The number of hydrogen-bond acceptors (Lipinski definition) is 3. The Balaban J connectivity index is 1.85. The van der Waals surface area contributed by atoms with Crippen molar-refractivity contribution in [3.8, 4) is 0 Å². The molecule has 0 saturated heterocycles. The van der Waals surface area contributed by atoms with E-state index in [0.717, 1.165) is 35.2 Å². The molecule has 2 aromatic carbocycles. The first-order chi connectivity index (χ1) is 10.9. The van der Waals surface area contributed by atoms with Crippen LogP contribution in [0.4, 0.5) is 11.4 Å². The molecule has 0 heterocycles. The largest absolute Gasteiger partial charge is 0.325 e. The Hall–Kier alpha value is -2.69. The molecule has 0 unspecified atom stereocenters. The molecule has 1 saturated carbocycles. The molecule has 3 rings (SSSR count). The molecular formula is C18H18N2O3. The molecule has 0 radical (unpaired) electrons. The van der Waals surface area contributed by atoms with Crippen LogP contribution in [-0.4, -0.2) is 10.8 Å². The molecule has 1 aliphatic rings. The zero-order chi connectivity index (χ0) is 16.6. The summed E-state index contributed by atoms with van der Waals surface area (Å²) >= 11 is 0. The third-order valence-electron chi connectivity index (χ3n) is 4.54. The summed E-state index contributed by atoms with van der Waals surface area (Å²) in [4.78, 5) is 23.1. The number of carbonyl (C=O) groups is 1. The van der Waals surface area contributed by atoms with Crippen molar-refractivity contribution in [2.45, 2.75) is 32.1 Å². The van der Waals surface area contributed by atoms with E-state index in [1.807, 2.05) is 32.0 Å². The molecule has 5 heteroatoms. The minimum Gasteiger partial charge on any atom is -0.325 e. The highest BCUT2D eigenvalue weighted by atomic mass is 16.6. The molecular weight excluding hydrogens is 292 g/mol. The van der Waals surface area contributed by atoms with E-state index in [1.54, 1.807) is 12.1 Å². The highest BCUT2D eigenvalue weighted by Gasteiger charge is 2.51. The van der Waals surface area contributed by atoms with Crippen molar-refractivity contribution in [3.05, 3.63) is 69.3 Å². The minimum atomic E-state index is -0.552. The standard InChI is InChI=1S/C18H18N2O3/c1-12-4-3-5-13(2)16(12)19-17(21)18(10-11-18)14-6-8-15(9-7-14)20(22)23/h3-9H,10-11H2,1-2H3,(H,19,21). The molecule has 118 valence electrons. The van der Waals surface area contributed by atoms with Crippen LogP contribution in [0.15, 0.2) is 42.5 Å². The number of rotatable bonds is 4. The van der Waals surface area contributed by atoms with Crippen LogP contribution in [0.3, 0.4) is 0 Å². The summed E-state index contributed by atoms with van der Waals surface area (Å²) in [5.41, 5.74) is 3.23. The van der Waals surface area contributed by atoms with Gasteiger partial charge in [-0.15, -0.1) is 0 Å². The fraction of sp³-hybridized carbons (Fsp3) is 0.278. The molecule has 5 nitrogen and oxygen atoms in total. The van der Waals surface area contributed by atoms with E-state index < -0.39 is 10.3 Å². The Morgan fingerprint density at radius 1 is 1.09 bits per heavy atom. The molecule has 23 heavy (non-hydrogen) atoms. The molecule has 0 atom stereocenters. The lowest BCUT2D eigenvalue weighted by atomic mass is 9.94. The highest BCUT2D eigenvalue weighted by molar-refractivity contribution is 6.02. The Kier molecular flexibility index (Phi) is 3.64. The second-order valence-electron chi connectivity index (χ2n) is 6.11. The molecule has 0 spiro atoms. The van der Waals surface area contributed by atoms with Gasteiger partial charge < -0.3 is 5.32 Å². The smallest absolute Gasteiger partial charge is 0.269 e. The third kappa shape index (κ3) is 2.70. The molecule has 2 aromatic rings. The predicted octanol–water partition coefficient (Wildman–Crippen LogP) is 3.88. The fourth-order valence-electron chi connectivity index (χ4n) is 2.92. The molecule has 1 amide bonds. The third-order valence-corrected chi connectivity index (χ3v) is 4.54. The first-order valence-corrected chi connectivity index (χ1v) is 7.57. The molecule has 1 aliphatic carbocycles. The lowest BCUT2D eigenvalue weighted by Crippen LogP contribution is -2.28. The minimum absolute atomic E-state index is 0.0382. The van der Waals surface area contributed by atoms with E-state index in [-0.39, 0.29) is 11.6 Å². The van der Waals surface area contributed by atoms with Crippen LogP contribution in [0.5, 0.6) is 0 Å². The Bertz CT molecular complexity index is 757. The van der Waals surface area contributed by atoms with Gasteiger partial charge in [0.25, 0.3) is 5.69 Å². The lowest BCUT2D eigenvalue weighted by molar-refractivity contribution is -0.384. The number of nitro groups is 1. The number of non-ortho nitro benzene ring substituents is 1. The van der Waals surface area contributed by atoms with Gasteiger partial charge in [-0.3, -0.25) is 14.9 Å². The summed E-state index contributed by atoms with van der Waals surface area (Å²) in [6, 6.07) is 12.2.